The molecule has 2 fully saturated rings. The fourth-order valence-electron chi connectivity index (χ4n) is 2.32. The summed E-state index contributed by atoms with van der Waals surface area (Å²) in [5.74, 6) is 0.701. The summed E-state index contributed by atoms with van der Waals surface area (Å²) in [4.78, 5) is 11.4. The molecule has 68 valence electrons. The van der Waals surface area contributed by atoms with Gasteiger partial charge in [0.2, 0.25) is 0 Å². The molecule has 0 aromatic heterocycles. The van der Waals surface area contributed by atoms with Gasteiger partial charge in [-0.25, -0.2) is 0 Å². The van der Waals surface area contributed by atoms with Crippen LogP contribution in [0.4, 0.5) is 0 Å². The number of ketones is 1. The number of hydrogen-bond acceptors (Lipinski definition) is 2. The third kappa shape index (κ3) is 1.53. The van der Waals surface area contributed by atoms with Crippen LogP contribution < -0.4 is 0 Å². The first-order valence-electron chi connectivity index (χ1n) is 5.02. The minimum Gasteiger partial charge on any atom is -0.377 e. The summed E-state index contributed by atoms with van der Waals surface area (Å²) in [6, 6.07) is 0. The van der Waals surface area contributed by atoms with Gasteiger partial charge in [0.05, 0.1) is 6.10 Å². The van der Waals surface area contributed by atoms with Crippen LogP contribution in [0, 0.1) is 5.92 Å². The van der Waals surface area contributed by atoms with Crippen molar-refractivity contribution >= 4 is 5.78 Å². The highest BCUT2D eigenvalue weighted by Gasteiger charge is 2.33. The van der Waals surface area contributed by atoms with Crippen molar-refractivity contribution in [3.8, 4) is 0 Å². The fourth-order valence-corrected chi connectivity index (χ4v) is 2.32. The van der Waals surface area contributed by atoms with Crippen LogP contribution in [0.5, 0.6) is 0 Å². The first-order valence-corrected chi connectivity index (χ1v) is 5.02. The Morgan fingerprint density at radius 1 is 1.17 bits per heavy atom. The van der Waals surface area contributed by atoms with E-state index in [0.29, 0.717) is 5.78 Å². The summed E-state index contributed by atoms with van der Waals surface area (Å²) in [5.41, 5.74) is 0. The molecule has 1 aliphatic carbocycles. The van der Waals surface area contributed by atoms with Gasteiger partial charge in [-0.1, -0.05) is 0 Å². The van der Waals surface area contributed by atoms with Crippen LogP contribution in [0.1, 0.15) is 38.5 Å². The predicted octanol–water partition coefficient (Wildman–Crippen LogP) is 1.92. The molecule has 12 heavy (non-hydrogen) atoms. The van der Waals surface area contributed by atoms with Gasteiger partial charge in [0.1, 0.15) is 5.78 Å². The standard InChI is InChI=1S/C10H16O2/c11-9-5-3-4-8(9)10-6-1-2-7-12-10/h8,10H,1-7H2. The van der Waals surface area contributed by atoms with Crippen molar-refractivity contribution in [3.63, 3.8) is 0 Å². The molecule has 0 aromatic carbocycles. The fraction of sp³-hybridized carbons (Fsp3) is 0.900. The van der Waals surface area contributed by atoms with Crippen molar-refractivity contribution in [1.82, 2.24) is 0 Å². The summed E-state index contributed by atoms with van der Waals surface area (Å²) in [6.45, 7) is 0.869. The van der Waals surface area contributed by atoms with Crippen LogP contribution in [0.15, 0.2) is 0 Å². The zero-order chi connectivity index (χ0) is 8.39. The second-order valence-corrected chi connectivity index (χ2v) is 3.87. The number of carbonyl (C=O) groups excluding carboxylic acids is 1. The lowest BCUT2D eigenvalue weighted by Gasteiger charge is -2.26. The van der Waals surface area contributed by atoms with E-state index < -0.39 is 0 Å². The minimum absolute atomic E-state index is 0.255. The summed E-state index contributed by atoms with van der Waals surface area (Å²) in [6.07, 6.45) is 6.76. The average Bonchev–Trinajstić information content (AvgIpc) is 2.53. The summed E-state index contributed by atoms with van der Waals surface area (Å²) in [7, 11) is 0. The van der Waals surface area contributed by atoms with Crippen molar-refractivity contribution in [1.29, 1.82) is 0 Å². The molecule has 1 heterocycles. The van der Waals surface area contributed by atoms with E-state index in [1.807, 2.05) is 0 Å². The van der Waals surface area contributed by atoms with Crippen LogP contribution in [0.2, 0.25) is 0 Å². The van der Waals surface area contributed by atoms with E-state index in [2.05, 4.69) is 0 Å². The third-order valence-corrected chi connectivity index (χ3v) is 3.02. The van der Waals surface area contributed by atoms with Crippen LogP contribution in [-0.2, 0) is 9.53 Å². The molecular weight excluding hydrogens is 152 g/mol. The zero-order valence-electron chi connectivity index (χ0n) is 7.42. The maximum Gasteiger partial charge on any atom is 0.138 e. The van der Waals surface area contributed by atoms with Gasteiger partial charge in [-0.2, -0.15) is 0 Å². The summed E-state index contributed by atoms with van der Waals surface area (Å²) < 4.78 is 5.61. The predicted molar refractivity (Wildman–Crippen MR) is 45.9 cm³/mol. The molecule has 1 saturated heterocycles. The normalized spacial score (nSPS) is 37.2. The lowest BCUT2D eigenvalue weighted by molar-refractivity contribution is -0.126. The molecule has 2 heteroatoms. The van der Waals surface area contributed by atoms with Crippen LogP contribution in [0.3, 0.4) is 0 Å². The SMILES string of the molecule is O=C1CCCC1C1CCCCO1. The van der Waals surface area contributed by atoms with Crippen LogP contribution in [0.25, 0.3) is 0 Å². The Morgan fingerprint density at radius 2 is 2.08 bits per heavy atom. The van der Waals surface area contributed by atoms with Crippen molar-refractivity contribution in [3.05, 3.63) is 0 Å². The number of rotatable bonds is 1. The van der Waals surface area contributed by atoms with Gasteiger partial charge in [-0.15, -0.1) is 0 Å². The van der Waals surface area contributed by atoms with Gasteiger partial charge in [0, 0.05) is 18.9 Å². The van der Waals surface area contributed by atoms with Gasteiger partial charge in [0.25, 0.3) is 0 Å². The average molecular weight is 168 g/mol. The third-order valence-electron chi connectivity index (χ3n) is 3.02. The second-order valence-electron chi connectivity index (χ2n) is 3.87. The Hall–Kier alpha value is -0.370. The van der Waals surface area contributed by atoms with E-state index >= 15 is 0 Å². The molecule has 0 bridgehead atoms. The monoisotopic (exact) mass is 168 g/mol. The zero-order valence-corrected chi connectivity index (χ0v) is 7.42. The lowest BCUT2D eigenvalue weighted by atomic mass is 9.94. The van der Waals surface area contributed by atoms with Gasteiger partial charge in [-0.05, 0) is 32.1 Å². The van der Waals surface area contributed by atoms with E-state index in [1.54, 1.807) is 0 Å². The van der Waals surface area contributed by atoms with Crippen molar-refractivity contribution in [2.75, 3.05) is 6.61 Å². The number of ether oxygens (including phenoxy) is 1. The molecule has 2 aliphatic rings. The highest BCUT2D eigenvalue weighted by atomic mass is 16.5. The molecule has 0 radical (unpaired) electrons. The first kappa shape index (κ1) is 8.24. The number of hydrogen-bond donors (Lipinski definition) is 0. The minimum atomic E-state index is 0.255. The Balaban J connectivity index is 1.93. The highest BCUT2D eigenvalue weighted by molar-refractivity contribution is 5.83. The Kier molecular flexibility index (Phi) is 2.45. The molecule has 2 rings (SSSR count). The number of Topliss-reactive ketones (excluding diaryl/α,β-unsaturated/α-hetero) is 1. The molecule has 0 N–H and O–H groups in total. The summed E-state index contributed by atoms with van der Waals surface area (Å²) in [5, 5.41) is 0. The van der Waals surface area contributed by atoms with Gasteiger partial charge >= 0.3 is 0 Å². The highest BCUT2D eigenvalue weighted by Crippen LogP contribution is 2.30. The Labute approximate surface area is 73.3 Å². The first-order chi connectivity index (χ1) is 5.88. The molecule has 0 aromatic rings. The topological polar surface area (TPSA) is 26.3 Å². The van der Waals surface area contributed by atoms with E-state index in [-0.39, 0.29) is 12.0 Å². The number of carbonyl (C=O) groups is 1. The molecule has 2 atom stereocenters. The quantitative estimate of drug-likeness (QED) is 0.598. The molecule has 2 unspecified atom stereocenters. The molecule has 0 amide bonds. The van der Waals surface area contributed by atoms with Crippen molar-refractivity contribution in [2.45, 2.75) is 44.6 Å². The smallest absolute Gasteiger partial charge is 0.138 e. The largest absolute Gasteiger partial charge is 0.377 e. The Morgan fingerprint density at radius 3 is 2.67 bits per heavy atom. The second kappa shape index (κ2) is 3.56. The van der Waals surface area contributed by atoms with E-state index in [0.717, 1.165) is 32.3 Å². The van der Waals surface area contributed by atoms with Gasteiger partial charge in [0.15, 0.2) is 0 Å². The van der Waals surface area contributed by atoms with Gasteiger partial charge < -0.3 is 4.74 Å². The molecule has 0 spiro atoms. The van der Waals surface area contributed by atoms with Crippen molar-refractivity contribution < 1.29 is 9.53 Å². The Bertz CT molecular complexity index is 171. The molecule has 1 saturated carbocycles. The van der Waals surface area contributed by atoms with Crippen LogP contribution in [-0.4, -0.2) is 18.5 Å². The summed E-state index contributed by atoms with van der Waals surface area (Å²) >= 11 is 0. The van der Waals surface area contributed by atoms with Gasteiger partial charge in [-0.3, -0.25) is 4.79 Å². The molecule has 2 nitrogen and oxygen atoms in total. The maximum absolute atomic E-state index is 11.4. The van der Waals surface area contributed by atoms with E-state index in [4.69, 9.17) is 4.74 Å². The van der Waals surface area contributed by atoms with E-state index in [9.17, 15) is 4.79 Å². The maximum atomic E-state index is 11.4. The molecule has 1 aliphatic heterocycles. The van der Waals surface area contributed by atoms with Crippen LogP contribution >= 0.6 is 0 Å². The molecular formula is C10H16O2. The van der Waals surface area contributed by atoms with Crippen molar-refractivity contribution in [2.24, 2.45) is 5.92 Å². The van der Waals surface area contributed by atoms with E-state index in [1.165, 1.54) is 12.8 Å². The lowest BCUT2D eigenvalue weighted by Crippen LogP contribution is -2.30.